The third-order valence-corrected chi connectivity index (χ3v) is 8.45. The molecule has 2 atom stereocenters. The average molecular weight is 524 g/mol. The number of aromatic nitrogens is 4. The molecule has 0 aromatic carbocycles. The molecule has 0 bridgehead atoms. The minimum absolute atomic E-state index is 0.0624. The van der Waals surface area contributed by atoms with Crippen LogP contribution in [0.3, 0.4) is 0 Å². The van der Waals surface area contributed by atoms with Crippen molar-refractivity contribution >= 4 is 11.9 Å². The summed E-state index contributed by atoms with van der Waals surface area (Å²) in [5.41, 5.74) is 2.38. The number of urea groups is 1. The smallest absolute Gasteiger partial charge is 0.317 e. The third-order valence-electron chi connectivity index (χ3n) is 8.45. The Morgan fingerprint density at radius 2 is 1.79 bits per heavy atom. The van der Waals surface area contributed by atoms with E-state index in [2.05, 4.69) is 20.7 Å². The van der Waals surface area contributed by atoms with Gasteiger partial charge in [-0.05, 0) is 62.3 Å². The molecule has 3 amide bonds. The predicted molar refractivity (Wildman–Crippen MR) is 138 cm³/mol. The Morgan fingerprint density at radius 3 is 2.47 bits per heavy atom. The number of pyridine rings is 1. The van der Waals surface area contributed by atoms with Gasteiger partial charge in [-0.1, -0.05) is 0 Å². The van der Waals surface area contributed by atoms with Crippen molar-refractivity contribution in [1.82, 2.24) is 35.5 Å². The second-order valence-corrected chi connectivity index (χ2v) is 11.2. The molecule has 204 valence electrons. The average Bonchev–Trinajstić information content (AvgIpc) is 3.59. The van der Waals surface area contributed by atoms with Crippen molar-refractivity contribution in [3.05, 3.63) is 35.3 Å². The first-order valence-corrected chi connectivity index (χ1v) is 14.0. The molecule has 38 heavy (non-hydrogen) atoms. The topological polar surface area (TPSA) is 126 Å². The maximum Gasteiger partial charge on any atom is 0.317 e. The number of fused-ring (bicyclic) bond motifs is 1. The highest BCUT2D eigenvalue weighted by molar-refractivity contribution is 5.94. The number of ether oxygens (including phenoxy) is 2. The molecule has 5 heterocycles. The first kappa shape index (κ1) is 25.1. The van der Waals surface area contributed by atoms with E-state index < -0.39 is 0 Å². The molecule has 4 aliphatic rings. The number of aromatic amines is 1. The van der Waals surface area contributed by atoms with Gasteiger partial charge >= 0.3 is 6.03 Å². The molecule has 11 nitrogen and oxygen atoms in total. The van der Waals surface area contributed by atoms with Gasteiger partial charge < -0.3 is 24.6 Å². The van der Waals surface area contributed by atoms with Gasteiger partial charge in [-0.25, -0.2) is 9.78 Å². The minimum atomic E-state index is -0.0633. The van der Waals surface area contributed by atoms with Crippen molar-refractivity contribution in [3.63, 3.8) is 0 Å². The number of amides is 3. The molecule has 0 spiro atoms. The lowest BCUT2D eigenvalue weighted by molar-refractivity contribution is 0.0490. The van der Waals surface area contributed by atoms with Gasteiger partial charge in [-0.2, -0.15) is 15.4 Å². The second-order valence-electron chi connectivity index (χ2n) is 11.2. The van der Waals surface area contributed by atoms with Crippen LogP contribution in [0.4, 0.5) is 4.79 Å². The summed E-state index contributed by atoms with van der Waals surface area (Å²) in [4.78, 5) is 34.9. The monoisotopic (exact) mass is 523 g/mol. The Labute approximate surface area is 222 Å². The number of likely N-dealkylation sites (tertiary alicyclic amines) is 2. The molecule has 3 saturated heterocycles. The third kappa shape index (κ3) is 5.92. The molecule has 1 unspecified atom stereocenters. The zero-order chi connectivity index (χ0) is 25.9. The molecular formula is C27H37N7O4. The van der Waals surface area contributed by atoms with E-state index in [0.717, 1.165) is 70.5 Å². The van der Waals surface area contributed by atoms with Crippen molar-refractivity contribution in [2.24, 2.45) is 17.8 Å². The van der Waals surface area contributed by atoms with Gasteiger partial charge in [-0.15, -0.1) is 0 Å². The van der Waals surface area contributed by atoms with E-state index in [9.17, 15) is 9.59 Å². The Kier molecular flexibility index (Phi) is 7.44. The predicted octanol–water partition coefficient (Wildman–Crippen LogP) is 2.58. The molecule has 2 aromatic heterocycles. The summed E-state index contributed by atoms with van der Waals surface area (Å²) in [6, 6.07) is 3.75. The van der Waals surface area contributed by atoms with E-state index in [-0.39, 0.29) is 11.9 Å². The fourth-order valence-corrected chi connectivity index (χ4v) is 5.92. The van der Waals surface area contributed by atoms with Crippen LogP contribution in [0.2, 0.25) is 0 Å². The number of nitrogens with one attached hydrogen (secondary N) is 2. The molecule has 6 rings (SSSR count). The molecular weight excluding hydrogens is 486 g/mol. The minimum Gasteiger partial charge on any atom is -0.477 e. The van der Waals surface area contributed by atoms with Gasteiger partial charge in [0, 0.05) is 62.6 Å². The molecule has 3 aliphatic heterocycles. The molecule has 2 aromatic rings. The Balaban J connectivity index is 1.05. The molecule has 2 N–H and O–H groups in total. The van der Waals surface area contributed by atoms with Crippen LogP contribution in [0, 0.1) is 17.8 Å². The van der Waals surface area contributed by atoms with Gasteiger partial charge in [0.1, 0.15) is 5.69 Å². The van der Waals surface area contributed by atoms with Gasteiger partial charge in [0.15, 0.2) is 0 Å². The molecule has 1 aliphatic carbocycles. The summed E-state index contributed by atoms with van der Waals surface area (Å²) >= 11 is 0. The van der Waals surface area contributed by atoms with Crippen molar-refractivity contribution in [2.45, 2.75) is 51.0 Å². The lowest BCUT2D eigenvalue weighted by Gasteiger charge is -2.24. The quantitative estimate of drug-likeness (QED) is 0.571. The lowest BCUT2D eigenvalue weighted by atomic mass is 9.92. The summed E-state index contributed by atoms with van der Waals surface area (Å²) < 4.78 is 11.6. The van der Waals surface area contributed by atoms with Crippen LogP contribution in [0.5, 0.6) is 5.88 Å². The summed E-state index contributed by atoms with van der Waals surface area (Å²) in [7, 11) is 0. The first-order valence-electron chi connectivity index (χ1n) is 14.0. The summed E-state index contributed by atoms with van der Waals surface area (Å²) in [6.07, 6.45) is 7.67. The Bertz CT molecular complexity index is 1100. The van der Waals surface area contributed by atoms with Gasteiger partial charge in [0.2, 0.25) is 5.88 Å². The maximum absolute atomic E-state index is 13.6. The summed E-state index contributed by atoms with van der Waals surface area (Å²) in [6.45, 7) is 5.41. The molecule has 4 fully saturated rings. The zero-order valence-electron chi connectivity index (χ0n) is 21.8. The first-order chi connectivity index (χ1) is 18.6. The fourth-order valence-electron chi connectivity index (χ4n) is 5.92. The zero-order valence-corrected chi connectivity index (χ0v) is 21.8. The number of H-pyrrole nitrogens is 1. The fraction of sp³-hybridized carbons (Fsp3) is 0.667. The molecule has 0 radical (unpaired) electrons. The van der Waals surface area contributed by atoms with E-state index in [0.29, 0.717) is 67.1 Å². The molecule has 1 saturated carbocycles. The van der Waals surface area contributed by atoms with Gasteiger partial charge in [0.25, 0.3) is 5.91 Å². The Hall–Kier alpha value is -3.21. The van der Waals surface area contributed by atoms with E-state index in [1.54, 1.807) is 6.20 Å². The van der Waals surface area contributed by atoms with Crippen molar-refractivity contribution in [3.8, 4) is 5.88 Å². The van der Waals surface area contributed by atoms with Crippen LogP contribution in [-0.2, 0) is 11.3 Å². The Morgan fingerprint density at radius 1 is 1.03 bits per heavy atom. The molecule has 11 heteroatoms. The number of carbonyl (C=O) groups is 2. The highest BCUT2D eigenvalue weighted by Crippen LogP contribution is 2.40. The largest absolute Gasteiger partial charge is 0.477 e. The standard InChI is InChI=1S/C27H37N7O4/c35-26(22-11-24(19-1-2-19)30-25(12-22)38-17-18-5-9-37-10-6-18)33-7-3-20-15-34(16-21(20)4-8-33)27(36)28-13-23-14-29-32-31-23/h11-12,14,18-21H,1-10,13,15-17H2,(H,28,36)(H,29,31,32)/t20-,21?/m1/s1. The number of rotatable bonds is 7. The van der Waals surface area contributed by atoms with E-state index in [1.807, 2.05) is 21.9 Å². The summed E-state index contributed by atoms with van der Waals surface area (Å²) in [5, 5.41) is 13.2. The number of hydrogen-bond donors (Lipinski definition) is 2. The van der Waals surface area contributed by atoms with Crippen LogP contribution in [0.1, 0.15) is 66.2 Å². The SMILES string of the molecule is O=C(NCc1cn[nH]n1)N1CC2CCN(C(=O)c3cc(OCC4CCOCC4)nc(C4CC4)c3)CC[C@@H]2C1. The van der Waals surface area contributed by atoms with Crippen molar-refractivity contribution < 1.29 is 19.1 Å². The number of carbonyl (C=O) groups excluding carboxylic acids is 2. The van der Waals surface area contributed by atoms with Crippen molar-refractivity contribution in [1.29, 1.82) is 0 Å². The van der Waals surface area contributed by atoms with Gasteiger partial charge in [-0.3, -0.25) is 4.79 Å². The van der Waals surface area contributed by atoms with E-state index in [1.165, 1.54) is 0 Å². The highest BCUT2D eigenvalue weighted by atomic mass is 16.5. The van der Waals surface area contributed by atoms with Crippen molar-refractivity contribution in [2.75, 3.05) is 46.0 Å². The van der Waals surface area contributed by atoms with E-state index in [4.69, 9.17) is 14.5 Å². The van der Waals surface area contributed by atoms with Gasteiger partial charge in [0.05, 0.1) is 19.3 Å². The van der Waals surface area contributed by atoms with Crippen LogP contribution in [0.15, 0.2) is 18.3 Å². The van der Waals surface area contributed by atoms with Crippen LogP contribution >= 0.6 is 0 Å². The van der Waals surface area contributed by atoms with Crippen LogP contribution < -0.4 is 10.1 Å². The maximum atomic E-state index is 13.6. The number of hydrogen-bond acceptors (Lipinski definition) is 7. The second kappa shape index (κ2) is 11.3. The highest BCUT2D eigenvalue weighted by Gasteiger charge is 2.38. The lowest BCUT2D eigenvalue weighted by Crippen LogP contribution is -2.39. The van der Waals surface area contributed by atoms with E-state index >= 15 is 0 Å². The summed E-state index contributed by atoms with van der Waals surface area (Å²) in [5.74, 6) is 2.36. The van der Waals surface area contributed by atoms with Crippen LogP contribution in [-0.4, -0.2) is 88.1 Å². The van der Waals surface area contributed by atoms with Crippen LogP contribution in [0.25, 0.3) is 0 Å². The number of nitrogens with zero attached hydrogens (tertiary/aromatic N) is 5. The normalized spacial score (nSPS) is 24.1.